The number of aromatic nitrogens is 5. The Balaban J connectivity index is 1.77. The summed E-state index contributed by atoms with van der Waals surface area (Å²) in [6.07, 6.45) is 8.66. The molecule has 0 bridgehead atoms. The van der Waals surface area contributed by atoms with Gasteiger partial charge in [0.25, 0.3) is 0 Å². The van der Waals surface area contributed by atoms with Crippen molar-refractivity contribution in [2.24, 2.45) is 5.41 Å². The number of nitrogens with zero attached hydrogens (tertiary/aromatic N) is 5. The first-order chi connectivity index (χ1) is 10.2. The van der Waals surface area contributed by atoms with Gasteiger partial charge in [-0.15, -0.1) is 5.10 Å². The molecular formula is C13H18N6O2. The van der Waals surface area contributed by atoms with Crippen molar-refractivity contribution >= 4 is 17.4 Å². The minimum atomic E-state index is -0.738. The molecule has 0 aromatic carbocycles. The number of anilines is 1. The van der Waals surface area contributed by atoms with E-state index in [1.807, 2.05) is 0 Å². The molecule has 1 aliphatic carbocycles. The van der Waals surface area contributed by atoms with Gasteiger partial charge in [-0.3, -0.25) is 9.78 Å². The molecule has 0 amide bonds. The zero-order valence-electron chi connectivity index (χ0n) is 11.7. The van der Waals surface area contributed by atoms with E-state index in [1.165, 1.54) is 6.42 Å². The van der Waals surface area contributed by atoms with Crippen molar-refractivity contribution in [3.8, 4) is 0 Å². The summed E-state index contributed by atoms with van der Waals surface area (Å²) >= 11 is 0. The second-order valence-corrected chi connectivity index (χ2v) is 5.73. The predicted molar refractivity (Wildman–Crippen MR) is 74.8 cm³/mol. The molecule has 1 saturated carbocycles. The number of aliphatic carboxylic acids is 1. The molecule has 1 aliphatic rings. The maximum atomic E-state index is 11.2. The van der Waals surface area contributed by atoms with E-state index >= 15 is 0 Å². The third kappa shape index (κ3) is 2.93. The van der Waals surface area contributed by atoms with Crippen LogP contribution in [0.2, 0.25) is 0 Å². The molecule has 0 radical (unpaired) electrons. The molecular weight excluding hydrogens is 272 g/mol. The molecule has 2 N–H and O–H groups in total. The first-order valence-electron chi connectivity index (χ1n) is 7.16. The first kappa shape index (κ1) is 13.7. The van der Waals surface area contributed by atoms with Gasteiger partial charge < -0.3 is 10.4 Å². The third-order valence-electron chi connectivity index (χ3n) is 4.19. The molecule has 8 nitrogen and oxygen atoms in total. The number of nitrogens with one attached hydrogen (secondary N) is 1. The summed E-state index contributed by atoms with van der Waals surface area (Å²) in [5.41, 5.74) is 0.371. The third-order valence-corrected chi connectivity index (χ3v) is 4.19. The van der Waals surface area contributed by atoms with Crippen LogP contribution in [-0.2, 0) is 4.79 Å². The summed E-state index contributed by atoms with van der Waals surface area (Å²) in [5.74, 6) is -0.0507. The number of carboxylic acids is 1. The lowest BCUT2D eigenvalue weighted by Crippen LogP contribution is -2.35. The minimum absolute atomic E-state index is 0.193. The average Bonchev–Trinajstić information content (AvgIpc) is 2.94. The first-order valence-corrected chi connectivity index (χ1v) is 7.16. The smallest absolute Gasteiger partial charge is 0.303 e. The van der Waals surface area contributed by atoms with Gasteiger partial charge in [-0.05, 0) is 28.7 Å². The highest BCUT2D eigenvalue weighted by Crippen LogP contribution is 2.39. The normalized spacial score (nSPS) is 17.7. The van der Waals surface area contributed by atoms with E-state index in [0.29, 0.717) is 18.0 Å². The molecule has 2 aromatic heterocycles. The molecule has 112 valence electrons. The Morgan fingerprint density at radius 1 is 1.33 bits per heavy atom. The van der Waals surface area contributed by atoms with Crippen LogP contribution in [0.25, 0.3) is 5.65 Å². The van der Waals surface area contributed by atoms with Gasteiger partial charge in [-0.25, -0.2) is 0 Å². The van der Waals surface area contributed by atoms with Crippen molar-refractivity contribution in [1.29, 1.82) is 0 Å². The zero-order valence-corrected chi connectivity index (χ0v) is 11.7. The van der Waals surface area contributed by atoms with Crippen LogP contribution in [0.1, 0.15) is 38.5 Å². The van der Waals surface area contributed by atoms with E-state index in [9.17, 15) is 9.90 Å². The van der Waals surface area contributed by atoms with Gasteiger partial charge in [-0.1, -0.05) is 19.3 Å². The van der Waals surface area contributed by atoms with Crippen molar-refractivity contribution in [3.05, 3.63) is 12.4 Å². The van der Waals surface area contributed by atoms with Crippen LogP contribution in [0.3, 0.4) is 0 Å². The van der Waals surface area contributed by atoms with Gasteiger partial charge in [0.2, 0.25) is 0 Å². The van der Waals surface area contributed by atoms with Crippen LogP contribution in [0.4, 0.5) is 5.82 Å². The van der Waals surface area contributed by atoms with Crippen molar-refractivity contribution in [2.45, 2.75) is 38.5 Å². The highest BCUT2D eigenvalue weighted by molar-refractivity contribution is 5.68. The highest BCUT2D eigenvalue weighted by atomic mass is 16.4. The number of rotatable bonds is 5. The number of tetrazole rings is 1. The van der Waals surface area contributed by atoms with Crippen molar-refractivity contribution in [3.63, 3.8) is 0 Å². The molecule has 2 aromatic rings. The van der Waals surface area contributed by atoms with Crippen LogP contribution in [0, 0.1) is 5.41 Å². The molecule has 0 spiro atoms. The Morgan fingerprint density at radius 2 is 2.14 bits per heavy atom. The van der Waals surface area contributed by atoms with E-state index in [2.05, 4.69) is 25.8 Å². The fourth-order valence-electron chi connectivity index (χ4n) is 3.11. The molecule has 0 saturated heterocycles. The van der Waals surface area contributed by atoms with Crippen LogP contribution >= 0.6 is 0 Å². The molecule has 0 atom stereocenters. The van der Waals surface area contributed by atoms with E-state index < -0.39 is 5.97 Å². The maximum absolute atomic E-state index is 11.2. The molecule has 2 heterocycles. The zero-order chi connectivity index (χ0) is 14.7. The molecule has 0 unspecified atom stereocenters. The van der Waals surface area contributed by atoms with Crippen molar-refractivity contribution in [1.82, 2.24) is 25.0 Å². The van der Waals surface area contributed by atoms with Crippen LogP contribution < -0.4 is 5.32 Å². The monoisotopic (exact) mass is 290 g/mol. The predicted octanol–water partition coefficient (Wildman–Crippen LogP) is 1.36. The molecule has 8 heteroatoms. The van der Waals surface area contributed by atoms with Crippen molar-refractivity contribution < 1.29 is 9.90 Å². The lowest BCUT2D eigenvalue weighted by atomic mass is 9.72. The van der Waals surface area contributed by atoms with Crippen LogP contribution in [0.5, 0.6) is 0 Å². The second kappa shape index (κ2) is 5.63. The summed E-state index contributed by atoms with van der Waals surface area (Å²) < 4.78 is 1.57. The Hall–Kier alpha value is -2.25. The van der Waals surface area contributed by atoms with Gasteiger partial charge in [0.05, 0.1) is 18.8 Å². The summed E-state index contributed by atoms with van der Waals surface area (Å²) in [5, 5.41) is 23.8. The van der Waals surface area contributed by atoms with Gasteiger partial charge in [-0.2, -0.15) is 4.52 Å². The lowest BCUT2D eigenvalue weighted by Gasteiger charge is -2.36. The van der Waals surface area contributed by atoms with Gasteiger partial charge in [0.15, 0.2) is 5.65 Å². The Bertz CT molecular complexity index is 634. The maximum Gasteiger partial charge on any atom is 0.303 e. The number of fused-ring (bicyclic) bond motifs is 1. The lowest BCUT2D eigenvalue weighted by molar-refractivity contribution is -0.140. The molecule has 21 heavy (non-hydrogen) atoms. The standard InChI is InChI=1S/C13H18N6O2/c20-12(21)6-13(4-2-1-3-5-13)9-15-10-7-14-8-11-16-17-18-19(10)11/h7-8,15H,1-6,9H2,(H,20,21). The SMILES string of the molecule is O=C(O)CC1(CNc2cncc3nnnn23)CCCCC1. The summed E-state index contributed by atoms with van der Waals surface area (Å²) in [6, 6.07) is 0. The Morgan fingerprint density at radius 3 is 2.90 bits per heavy atom. The second-order valence-electron chi connectivity index (χ2n) is 5.73. The topological polar surface area (TPSA) is 105 Å². The summed E-state index contributed by atoms with van der Waals surface area (Å²) in [7, 11) is 0. The number of hydrogen-bond acceptors (Lipinski definition) is 6. The quantitative estimate of drug-likeness (QED) is 0.856. The van der Waals surface area contributed by atoms with Gasteiger partial charge >= 0.3 is 5.97 Å². The van der Waals surface area contributed by atoms with Crippen molar-refractivity contribution in [2.75, 3.05) is 11.9 Å². The van der Waals surface area contributed by atoms with E-state index in [1.54, 1.807) is 16.9 Å². The van der Waals surface area contributed by atoms with E-state index in [0.717, 1.165) is 25.7 Å². The summed E-state index contributed by atoms with van der Waals surface area (Å²) in [4.78, 5) is 15.3. The molecule has 3 rings (SSSR count). The summed E-state index contributed by atoms with van der Waals surface area (Å²) in [6.45, 7) is 0.597. The van der Waals surface area contributed by atoms with E-state index in [4.69, 9.17) is 0 Å². The van der Waals surface area contributed by atoms with Crippen LogP contribution in [0.15, 0.2) is 12.4 Å². The average molecular weight is 290 g/mol. The number of carbonyl (C=O) groups is 1. The Labute approximate surface area is 121 Å². The fourth-order valence-corrected chi connectivity index (χ4v) is 3.11. The minimum Gasteiger partial charge on any atom is -0.481 e. The molecule has 1 fully saturated rings. The van der Waals surface area contributed by atoms with E-state index in [-0.39, 0.29) is 11.8 Å². The Kier molecular flexibility index (Phi) is 3.68. The fraction of sp³-hybridized carbons (Fsp3) is 0.615. The van der Waals surface area contributed by atoms with Gasteiger partial charge in [0.1, 0.15) is 5.82 Å². The highest BCUT2D eigenvalue weighted by Gasteiger charge is 2.34. The van der Waals surface area contributed by atoms with Gasteiger partial charge in [0, 0.05) is 6.54 Å². The molecule has 0 aliphatic heterocycles. The number of carboxylic acid groups (broad SMARTS) is 1. The largest absolute Gasteiger partial charge is 0.481 e. The van der Waals surface area contributed by atoms with Crippen LogP contribution in [-0.4, -0.2) is 42.6 Å². The number of hydrogen-bond donors (Lipinski definition) is 2.